The smallest absolute Gasteiger partial charge is 0.362 e. The van der Waals surface area contributed by atoms with Gasteiger partial charge in [-0.3, -0.25) is 4.79 Å². The molecule has 0 aliphatic rings. The number of aromatic nitrogens is 1. The quantitative estimate of drug-likeness (QED) is 0.334. The van der Waals surface area contributed by atoms with Crippen molar-refractivity contribution >= 4 is 40.0 Å². The first-order chi connectivity index (χ1) is 15.4. The normalized spacial score (nSPS) is 12.1. The number of carbonyl (C=O) groups excluding carboxylic acids is 3. The molecule has 0 saturated heterocycles. The van der Waals surface area contributed by atoms with Gasteiger partial charge in [0.25, 0.3) is 0 Å². The Labute approximate surface area is 197 Å². The predicted octanol–water partition coefficient (Wildman–Crippen LogP) is 3.73. The molecular weight excluding hydrogens is 446 g/mol. The highest BCUT2D eigenvalue weighted by molar-refractivity contribution is 7.14. The van der Waals surface area contributed by atoms with Crippen molar-refractivity contribution in [3.8, 4) is 0 Å². The van der Waals surface area contributed by atoms with Crippen molar-refractivity contribution < 1.29 is 28.7 Å². The molecule has 2 rings (SSSR count). The molecule has 1 amide bonds. The number of amides is 1. The predicted molar refractivity (Wildman–Crippen MR) is 125 cm³/mol. The second-order valence-corrected chi connectivity index (χ2v) is 9.37. The van der Waals surface area contributed by atoms with Crippen LogP contribution in [-0.2, 0) is 35.1 Å². The number of oxime groups is 1. The Morgan fingerprint density at radius 2 is 1.76 bits per heavy atom. The zero-order valence-corrected chi connectivity index (χ0v) is 20.4. The van der Waals surface area contributed by atoms with Crippen molar-refractivity contribution in [2.24, 2.45) is 5.16 Å². The first kappa shape index (κ1) is 26.0. The Hall–Kier alpha value is -3.27. The fourth-order valence-corrected chi connectivity index (χ4v) is 3.08. The molecule has 9 nitrogen and oxygen atoms in total. The number of nitrogens with zero attached hydrogens (tertiary/aromatic N) is 2. The molecule has 1 aromatic carbocycles. The van der Waals surface area contributed by atoms with E-state index in [2.05, 4.69) is 15.5 Å². The lowest BCUT2D eigenvalue weighted by Gasteiger charge is -2.26. The number of carbonyl (C=O) groups is 3. The van der Waals surface area contributed by atoms with Gasteiger partial charge in [0, 0.05) is 5.38 Å². The number of esters is 2. The third-order valence-electron chi connectivity index (χ3n) is 3.93. The summed E-state index contributed by atoms with van der Waals surface area (Å²) in [6.45, 7) is 9.91. The number of anilines is 1. The number of nitrogens with one attached hydrogen (secondary N) is 1. The molecule has 0 bridgehead atoms. The van der Waals surface area contributed by atoms with Gasteiger partial charge in [0.15, 0.2) is 5.13 Å². The summed E-state index contributed by atoms with van der Waals surface area (Å²) in [5, 5.41) is 8.39. The highest BCUT2D eigenvalue weighted by Gasteiger charge is 2.36. The van der Waals surface area contributed by atoms with Crippen LogP contribution in [0.1, 0.15) is 52.8 Å². The molecule has 0 unspecified atom stereocenters. The summed E-state index contributed by atoms with van der Waals surface area (Å²) in [7, 11) is 0. The molecule has 1 aromatic heterocycles. The van der Waals surface area contributed by atoms with Crippen LogP contribution in [0.5, 0.6) is 0 Å². The van der Waals surface area contributed by atoms with Gasteiger partial charge in [-0.1, -0.05) is 35.5 Å². The Balaban J connectivity index is 2.17. The fourth-order valence-electron chi connectivity index (χ4n) is 2.37. The maximum absolute atomic E-state index is 12.5. The molecular formula is C23H29N3O6S. The minimum absolute atomic E-state index is 0.109. The maximum atomic E-state index is 12.5. The van der Waals surface area contributed by atoms with Crippen LogP contribution in [0.2, 0.25) is 0 Å². The summed E-state index contributed by atoms with van der Waals surface area (Å²) in [5.74, 6) is -1.67. The van der Waals surface area contributed by atoms with E-state index in [0.717, 1.165) is 16.9 Å². The lowest BCUT2D eigenvalue weighted by atomic mass is 10.1. The number of benzene rings is 1. The van der Waals surface area contributed by atoms with Crippen molar-refractivity contribution in [2.75, 3.05) is 11.9 Å². The van der Waals surface area contributed by atoms with Crippen LogP contribution in [0.3, 0.4) is 0 Å². The van der Waals surface area contributed by atoms with Gasteiger partial charge in [0.2, 0.25) is 17.2 Å². The zero-order valence-electron chi connectivity index (χ0n) is 19.6. The summed E-state index contributed by atoms with van der Waals surface area (Å²) < 4.78 is 10.4. The van der Waals surface area contributed by atoms with E-state index in [4.69, 9.17) is 14.3 Å². The summed E-state index contributed by atoms with van der Waals surface area (Å²) in [6.07, 6.45) is 0.182. The Bertz CT molecular complexity index is 1010. The van der Waals surface area contributed by atoms with E-state index in [0.29, 0.717) is 0 Å². The van der Waals surface area contributed by atoms with Gasteiger partial charge >= 0.3 is 11.9 Å². The summed E-state index contributed by atoms with van der Waals surface area (Å²) >= 11 is 1.12. The largest absolute Gasteiger partial charge is 0.461 e. The van der Waals surface area contributed by atoms with Gasteiger partial charge in [0.05, 0.1) is 13.0 Å². The first-order valence-corrected chi connectivity index (χ1v) is 11.3. The van der Waals surface area contributed by atoms with Crippen molar-refractivity contribution in [3.05, 3.63) is 47.0 Å². The van der Waals surface area contributed by atoms with Crippen LogP contribution in [0.25, 0.3) is 0 Å². The molecule has 0 atom stereocenters. The van der Waals surface area contributed by atoms with E-state index in [1.54, 1.807) is 27.7 Å². The van der Waals surface area contributed by atoms with E-state index in [9.17, 15) is 14.4 Å². The minimum atomic E-state index is -1.46. The van der Waals surface area contributed by atoms with Gasteiger partial charge in [-0.15, -0.1) is 11.3 Å². The number of ether oxygens (including phenoxy) is 2. The molecule has 178 valence electrons. The molecule has 1 heterocycles. The standard InChI is InChI=1S/C23H29N3O6S/c1-7-30-19(28)18(26-32-23(5,6)20(29)31-22(2,3)4)16-14-33-21(24-16)25-17(27)13-15-11-9-8-10-12-15/h8-12,14H,7,13H2,1-6H3,(H,24,25,27). The first-order valence-electron chi connectivity index (χ1n) is 10.4. The second-order valence-electron chi connectivity index (χ2n) is 8.51. The number of hydrogen-bond donors (Lipinski definition) is 1. The summed E-state index contributed by atoms with van der Waals surface area (Å²) in [4.78, 5) is 46.8. The van der Waals surface area contributed by atoms with Crippen LogP contribution in [-0.4, -0.2) is 46.4 Å². The van der Waals surface area contributed by atoms with Crippen molar-refractivity contribution in [1.82, 2.24) is 4.98 Å². The minimum Gasteiger partial charge on any atom is -0.461 e. The average molecular weight is 476 g/mol. The van der Waals surface area contributed by atoms with Crippen molar-refractivity contribution in [2.45, 2.75) is 59.2 Å². The van der Waals surface area contributed by atoms with E-state index in [-0.39, 0.29) is 35.5 Å². The third kappa shape index (κ3) is 8.30. The molecule has 2 aromatic rings. The van der Waals surface area contributed by atoms with E-state index >= 15 is 0 Å². The monoisotopic (exact) mass is 475 g/mol. The van der Waals surface area contributed by atoms with Crippen LogP contribution in [0.4, 0.5) is 5.13 Å². The third-order valence-corrected chi connectivity index (χ3v) is 4.68. The van der Waals surface area contributed by atoms with E-state index in [1.165, 1.54) is 19.2 Å². The van der Waals surface area contributed by atoms with Crippen LogP contribution >= 0.6 is 11.3 Å². The zero-order chi connectivity index (χ0) is 24.6. The second kappa shape index (κ2) is 11.0. The Morgan fingerprint density at radius 1 is 1.09 bits per heavy atom. The number of thiazole rings is 1. The van der Waals surface area contributed by atoms with E-state index < -0.39 is 23.1 Å². The lowest BCUT2D eigenvalue weighted by Crippen LogP contribution is -2.40. The summed E-state index contributed by atoms with van der Waals surface area (Å²) in [6, 6.07) is 9.27. The molecule has 33 heavy (non-hydrogen) atoms. The van der Waals surface area contributed by atoms with Gasteiger partial charge in [0.1, 0.15) is 11.3 Å². The lowest BCUT2D eigenvalue weighted by molar-refractivity contribution is -0.179. The van der Waals surface area contributed by atoms with Crippen molar-refractivity contribution in [3.63, 3.8) is 0 Å². The van der Waals surface area contributed by atoms with E-state index in [1.807, 2.05) is 30.3 Å². The van der Waals surface area contributed by atoms with Crippen LogP contribution in [0, 0.1) is 0 Å². The number of rotatable bonds is 9. The SMILES string of the molecule is CCOC(=O)C(=NOC(C)(C)C(=O)OC(C)(C)C)c1csc(NC(=O)Cc2ccccc2)n1. The summed E-state index contributed by atoms with van der Waals surface area (Å²) in [5.41, 5.74) is -1.40. The Morgan fingerprint density at radius 3 is 2.36 bits per heavy atom. The Kier molecular flexibility index (Phi) is 8.69. The molecule has 10 heteroatoms. The molecule has 0 aliphatic heterocycles. The molecule has 0 radical (unpaired) electrons. The van der Waals surface area contributed by atoms with Gasteiger partial charge in [-0.2, -0.15) is 0 Å². The highest BCUT2D eigenvalue weighted by Crippen LogP contribution is 2.20. The average Bonchev–Trinajstić information content (AvgIpc) is 3.15. The molecule has 1 N–H and O–H groups in total. The highest BCUT2D eigenvalue weighted by atomic mass is 32.1. The molecule has 0 aliphatic carbocycles. The van der Waals surface area contributed by atoms with Crippen molar-refractivity contribution in [1.29, 1.82) is 0 Å². The van der Waals surface area contributed by atoms with Crippen LogP contribution in [0.15, 0.2) is 40.9 Å². The molecule has 0 saturated carbocycles. The molecule has 0 spiro atoms. The van der Waals surface area contributed by atoms with Gasteiger partial charge in [-0.25, -0.2) is 14.6 Å². The maximum Gasteiger partial charge on any atom is 0.362 e. The van der Waals surface area contributed by atoms with Gasteiger partial charge < -0.3 is 19.6 Å². The fraction of sp³-hybridized carbons (Fsp3) is 0.435. The van der Waals surface area contributed by atoms with Gasteiger partial charge in [-0.05, 0) is 47.1 Å². The number of hydrogen-bond acceptors (Lipinski definition) is 9. The molecule has 0 fully saturated rings. The topological polar surface area (TPSA) is 116 Å². The van der Waals surface area contributed by atoms with Crippen LogP contribution < -0.4 is 5.32 Å².